The molecule has 1 amide bonds. The Kier molecular flexibility index (Phi) is 7.15. The molecule has 1 N–H and O–H groups in total. The lowest BCUT2D eigenvalue weighted by atomic mass is 10.1. The van der Waals surface area contributed by atoms with Crippen LogP contribution in [0, 0.1) is 5.82 Å². The Labute approximate surface area is 187 Å². The van der Waals surface area contributed by atoms with Crippen molar-refractivity contribution in [2.45, 2.75) is 30.8 Å². The first-order chi connectivity index (χ1) is 15.1. The Bertz CT molecular complexity index is 1110. The molecule has 0 radical (unpaired) electrons. The van der Waals surface area contributed by atoms with Crippen LogP contribution in [0.5, 0.6) is 0 Å². The van der Waals surface area contributed by atoms with E-state index < -0.39 is 33.8 Å². The average Bonchev–Trinajstić information content (AvgIpc) is 3.27. The first-order valence-electron chi connectivity index (χ1n) is 10.2. The minimum absolute atomic E-state index is 0.0470. The summed E-state index contributed by atoms with van der Waals surface area (Å²) in [7, 11) is -0.964. The predicted octanol–water partition coefficient (Wildman–Crippen LogP) is 2.86. The van der Waals surface area contributed by atoms with Crippen LogP contribution in [0.4, 0.5) is 15.8 Å². The van der Waals surface area contributed by atoms with Crippen LogP contribution in [-0.2, 0) is 19.6 Å². The maximum absolute atomic E-state index is 13.3. The fraction of sp³-hybridized carbons (Fsp3) is 0.364. The van der Waals surface area contributed by atoms with E-state index in [9.17, 15) is 22.4 Å². The quantitative estimate of drug-likeness (QED) is 0.635. The fourth-order valence-corrected chi connectivity index (χ4v) is 4.30. The van der Waals surface area contributed by atoms with E-state index in [1.54, 1.807) is 6.07 Å². The molecule has 0 saturated carbocycles. The van der Waals surface area contributed by atoms with Gasteiger partial charge < -0.3 is 15.0 Å². The van der Waals surface area contributed by atoms with E-state index in [1.807, 2.05) is 4.90 Å². The smallest absolute Gasteiger partial charge is 0.341 e. The van der Waals surface area contributed by atoms with Gasteiger partial charge in [0.1, 0.15) is 5.82 Å². The molecule has 8 nitrogen and oxygen atoms in total. The van der Waals surface area contributed by atoms with Crippen molar-refractivity contribution in [2.75, 3.05) is 37.4 Å². The predicted molar refractivity (Wildman–Crippen MR) is 119 cm³/mol. The van der Waals surface area contributed by atoms with Gasteiger partial charge in [-0.25, -0.2) is 21.9 Å². The number of nitrogens with one attached hydrogen (secondary N) is 1. The number of esters is 1. The second-order valence-electron chi connectivity index (χ2n) is 7.71. The molecule has 0 spiro atoms. The van der Waals surface area contributed by atoms with Crippen LogP contribution in [0.2, 0.25) is 0 Å². The van der Waals surface area contributed by atoms with Gasteiger partial charge in [-0.15, -0.1) is 0 Å². The number of hydrogen-bond acceptors (Lipinski definition) is 6. The number of carbonyl (C=O) groups excluding carboxylic acids is 2. The summed E-state index contributed by atoms with van der Waals surface area (Å²) in [5.41, 5.74) is 0.859. The van der Waals surface area contributed by atoms with Crippen LogP contribution in [0.3, 0.4) is 0 Å². The zero-order valence-corrected chi connectivity index (χ0v) is 19.0. The molecule has 1 aliphatic heterocycles. The number of hydrogen-bond donors (Lipinski definition) is 1. The number of anilines is 2. The normalized spacial score (nSPS) is 15.0. The third kappa shape index (κ3) is 5.25. The van der Waals surface area contributed by atoms with Gasteiger partial charge in [0.15, 0.2) is 6.10 Å². The van der Waals surface area contributed by atoms with E-state index >= 15 is 0 Å². The Hall–Kier alpha value is -2.98. The summed E-state index contributed by atoms with van der Waals surface area (Å²) in [6.07, 6.45) is 0.725. The summed E-state index contributed by atoms with van der Waals surface area (Å²) in [6.45, 7) is 2.85. The monoisotopic (exact) mass is 463 g/mol. The molecule has 1 saturated heterocycles. The molecule has 10 heteroatoms. The summed E-state index contributed by atoms with van der Waals surface area (Å²) >= 11 is 0. The molecule has 32 heavy (non-hydrogen) atoms. The second kappa shape index (κ2) is 9.66. The van der Waals surface area contributed by atoms with Crippen molar-refractivity contribution in [1.82, 2.24) is 4.31 Å². The highest BCUT2D eigenvalue weighted by molar-refractivity contribution is 7.89. The van der Waals surface area contributed by atoms with Gasteiger partial charge in [0.05, 0.1) is 16.1 Å². The Morgan fingerprint density at radius 2 is 1.81 bits per heavy atom. The Morgan fingerprint density at radius 1 is 1.12 bits per heavy atom. The summed E-state index contributed by atoms with van der Waals surface area (Å²) in [5.74, 6) is -1.96. The van der Waals surface area contributed by atoms with Crippen molar-refractivity contribution < 1.29 is 27.1 Å². The molecule has 0 aliphatic carbocycles. The van der Waals surface area contributed by atoms with E-state index in [0.717, 1.165) is 36.3 Å². The molecule has 1 atom stereocenters. The van der Waals surface area contributed by atoms with E-state index in [2.05, 4.69) is 5.32 Å². The molecule has 2 aromatic carbocycles. The van der Waals surface area contributed by atoms with Crippen LogP contribution >= 0.6 is 0 Å². The van der Waals surface area contributed by atoms with Crippen LogP contribution < -0.4 is 10.2 Å². The summed E-state index contributed by atoms with van der Waals surface area (Å²) < 4.78 is 44.9. The fourth-order valence-electron chi connectivity index (χ4n) is 3.37. The Balaban J connectivity index is 1.85. The molecule has 1 unspecified atom stereocenters. The molecule has 1 aliphatic rings. The Morgan fingerprint density at radius 3 is 2.44 bits per heavy atom. The first kappa shape index (κ1) is 23.7. The van der Waals surface area contributed by atoms with Crippen molar-refractivity contribution >= 4 is 33.3 Å². The molecule has 1 heterocycles. The highest BCUT2D eigenvalue weighted by Gasteiger charge is 2.27. The van der Waals surface area contributed by atoms with Gasteiger partial charge in [0.2, 0.25) is 10.0 Å². The zero-order chi connectivity index (χ0) is 23.5. The lowest BCUT2D eigenvalue weighted by Crippen LogP contribution is -2.31. The molecule has 1 fully saturated rings. The highest BCUT2D eigenvalue weighted by Crippen LogP contribution is 2.29. The average molecular weight is 464 g/mol. The number of amides is 1. The van der Waals surface area contributed by atoms with Crippen molar-refractivity contribution in [2.24, 2.45) is 0 Å². The topological polar surface area (TPSA) is 96.0 Å². The van der Waals surface area contributed by atoms with Gasteiger partial charge in [0.25, 0.3) is 5.91 Å². The van der Waals surface area contributed by atoms with E-state index in [-0.39, 0.29) is 16.1 Å². The maximum atomic E-state index is 13.3. The van der Waals surface area contributed by atoms with E-state index in [1.165, 1.54) is 51.4 Å². The number of nitrogens with zero attached hydrogens (tertiary/aromatic N) is 2. The minimum Gasteiger partial charge on any atom is -0.449 e. The lowest BCUT2D eigenvalue weighted by Gasteiger charge is -2.23. The SMILES string of the molecule is CC(OC(=O)c1cc(S(=O)(=O)N(C)C)ccc1N1CCCC1)C(=O)Nc1cccc(F)c1. The van der Waals surface area contributed by atoms with E-state index in [4.69, 9.17) is 4.74 Å². The van der Waals surface area contributed by atoms with Crippen molar-refractivity contribution in [3.63, 3.8) is 0 Å². The van der Waals surface area contributed by atoms with Crippen LogP contribution in [-0.4, -0.2) is 57.9 Å². The largest absolute Gasteiger partial charge is 0.449 e. The maximum Gasteiger partial charge on any atom is 0.341 e. The molecular formula is C22H26FN3O5S. The summed E-state index contributed by atoms with van der Waals surface area (Å²) in [5, 5.41) is 2.49. The number of halogens is 1. The molecule has 0 bridgehead atoms. The number of ether oxygens (including phenoxy) is 1. The summed E-state index contributed by atoms with van der Waals surface area (Å²) in [6, 6.07) is 9.68. The summed E-state index contributed by atoms with van der Waals surface area (Å²) in [4.78, 5) is 27.4. The minimum atomic E-state index is -3.77. The third-order valence-corrected chi connectivity index (χ3v) is 6.97. The number of sulfonamides is 1. The van der Waals surface area contributed by atoms with Gasteiger partial charge in [-0.3, -0.25) is 4.79 Å². The zero-order valence-electron chi connectivity index (χ0n) is 18.2. The van der Waals surface area contributed by atoms with Crippen molar-refractivity contribution in [3.05, 3.63) is 53.8 Å². The molecule has 2 aromatic rings. The number of benzene rings is 2. The van der Waals surface area contributed by atoms with Crippen LogP contribution in [0.25, 0.3) is 0 Å². The lowest BCUT2D eigenvalue weighted by molar-refractivity contribution is -0.123. The van der Waals surface area contributed by atoms with Gasteiger partial charge >= 0.3 is 5.97 Å². The molecular weight excluding hydrogens is 437 g/mol. The van der Waals surface area contributed by atoms with Gasteiger partial charge in [-0.05, 0) is 56.2 Å². The molecule has 172 valence electrons. The first-order valence-corrected chi connectivity index (χ1v) is 11.6. The van der Waals surface area contributed by atoms with Gasteiger partial charge in [-0.1, -0.05) is 6.07 Å². The van der Waals surface area contributed by atoms with Gasteiger partial charge in [-0.2, -0.15) is 0 Å². The number of carbonyl (C=O) groups is 2. The molecule has 0 aromatic heterocycles. The molecule has 3 rings (SSSR count). The van der Waals surface area contributed by atoms with Crippen LogP contribution in [0.15, 0.2) is 47.4 Å². The van der Waals surface area contributed by atoms with Crippen molar-refractivity contribution in [1.29, 1.82) is 0 Å². The van der Waals surface area contributed by atoms with Crippen LogP contribution in [0.1, 0.15) is 30.1 Å². The second-order valence-corrected chi connectivity index (χ2v) is 9.86. The third-order valence-electron chi connectivity index (χ3n) is 5.16. The number of rotatable bonds is 7. The van der Waals surface area contributed by atoms with Gasteiger partial charge in [0, 0.05) is 32.9 Å². The highest BCUT2D eigenvalue weighted by atomic mass is 32.2. The van der Waals surface area contributed by atoms with Crippen molar-refractivity contribution in [3.8, 4) is 0 Å². The van der Waals surface area contributed by atoms with E-state index in [0.29, 0.717) is 5.69 Å². The standard InChI is InChI=1S/C22H26FN3O5S/c1-15(21(27)24-17-8-6-7-16(23)13-17)31-22(28)19-14-18(32(29,30)25(2)3)9-10-20(19)26-11-4-5-12-26/h6-10,13-15H,4-5,11-12H2,1-3H3,(H,24,27).